The number of hydrogen-bond acceptors (Lipinski definition) is 6. The van der Waals surface area contributed by atoms with Crippen LogP contribution in [0.25, 0.3) is 43.9 Å². The Bertz CT molecular complexity index is 3100. The number of hydrogen-bond donors (Lipinski definition) is 0. The highest BCUT2D eigenvalue weighted by atomic mass is 16.3. The van der Waals surface area contributed by atoms with Crippen molar-refractivity contribution in [2.75, 3.05) is 9.80 Å². The predicted molar refractivity (Wildman–Crippen MR) is 254 cm³/mol. The third kappa shape index (κ3) is 5.61. The second-order valence-electron chi connectivity index (χ2n) is 18.1. The molecule has 12 rings (SSSR count). The Morgan fingerprint density at radius 2 is 0.794 bits per heavy atom. The van der Waals surface area contributed by atoms with Crippen LogP contribution >= 0.6 is 0 Å². The third-order valence-corrected chi connectivity index (χ3v) is 14.8. The Labute approximate surface area is 367 Å². The van der Waals surface area contributed by atoms with Gasteiger partial charge in [0.1, 0.15) is 23.3 Å². The van der Waals surface area contributed by atoms with Gasteiger partial charge in [-0.2, -0.15) is 10.5 Å². The van der Waals surface area contributed by atoms with Crippen LogP contribution in [0, 0.1) is 22.7 Å². The van der Waals surface area contributed by atoms with Gasteiger partial charge in [-0.3, -0.25) is 0 Å². The van der Waals surface area contributed by atoms with E-state index >= 15 is 0 Å². The molecule has 306 valence electrons. The number of nitrogens with zero attached hydrogens (tertiary/aromatic N) is 4. The second kappa shape index (κ2) is 14.7. The quantitative estimate of drug-likeness (QED) is 0.166. The van der Waals surface area contributed by atoms with Crippen LogP contribution < -0.4 is 9.80 Å². The molecule has 0 radical (unpaired) electrons. The van der Waals surface area contributed by atoms with Gasteiger partial charge >= 0.3 is 0 Å². The lowest BCUT2D eigenvalue weighted by Gasteiger charge is -2.40. The molecule has 2 saturated carbocycles. The largest absolute Gasteiger partial charge is 0.454 e. The van der Waals surface area contributed by atoms with Crippen LogP contribution in [-0.2, 0) is 10.8 Å². The van der Waals surface area contributed by atoms with E-state index in [-0.39, 0.29) is 10.8 Å². The molecule has 0 amide bonds. The van der Waals surface area contributed by atoms with Gasteiger partial charge in [-0.15, -0.1) is 0 Å². The molecule has 7 aromatic carbocycles. The van der Waals surface area contributed by atoms with Gasteiger partial charge in [0, 0.05) is 32.9 Å². The zero-order valence-corrected chi connectivity index (χ0v) is 35.2. The minimum absolute atomic E-state index is 0.211. The Kier molecular flexibility index (Phi) is 8.73. The highest BCUT2D eigenvalue weighted by Crippen LogP contribution is 2.68. The highest BCUT2D eigenvalue weighted by molar-refractivity contribution is 6.12. The monoisotopic (exact) mass is 818 g/mol. The first-order valence-electron chi connectivity index (χ1n) is 22.7. The maximum Gasteiger partial charge on any atom is 0.159 e. The van der Waals surface area contributed by atoms with Crippen LogP contribution in [0.4, 0.5) is 34.1 Å². The minimum atomic E-state index is -0.211. The Morgan fingerprint density at radius 1 is 0.413 bits per heavy atom. The number of furan rings is 2. The van der Waals surface area contributed by atoms with E-state index in [0.717, 1.165) is 136 Å². The van der Waals surface area contributed by atoms with Crippen molar-refractivity contribution >= 4 is 78.0 Å². The standard InChI is InChI=1S/C57H46N4O2/c58-35-44-45(36-59)53(61(39-21-7-2-8-22-39)47-28-18-26-43-41-24-10-12-30-49(41)63-55(43)47)51-50(56(31-13-3-14-32-56)37-57(51)33-15-4-16-34-57)52(44)60(38-19-5-1-6-20-38)46-27-17-25-42-40-23-9-11-29-48(40)62-54(42)46/h1-2,5-12,17-30H,3-4,13-16,31-34,37H2. The first kappa shape index (κ1) is 37.5. The SMILES string of the molecule is N#Cc1c(C#N)c(N(c2ccccc2)c2cccc3c2oc2ccccc23)c2c(c1N(c1ccccc1)c1cccc3c1oc1ccccc13)C1(CCCCC1)CC21CCCCC1. The van der Waals surface area contributed by atoms with Gasteiger partial charge in [0.15, 0.2) is 11.2 Å². The van der Waals surface area contributed by atoms with E-state index < -0.39 is 0 Å². The fourth-order valence-corrected chi connectivity index (χ4v) is 12.3. The van der Waals surface area contributed by atoms with E-state index in [1.165, 1.54) is 24.0 Å². The van der Waals surface area contributed by atoms with Crippen molar-refractivity contribution in [3.63, 3.8) is 0 Å². The van der Waals surface area contributed by atoms with Crippen molar-refractivity contribution in [3.8, 4) is 12.1 Å². The van der Waals surface area contributed by atoms with Crippen LogP contribution in [0.2, 0.25) is 0 Å². The van der Waals surface area contributed by atoms with E-state index in [0.29, 0.717) is 11.1 Å². The molecule has 63 heavy (non-hydrogen) atoms. The maximum atomic E-state index is 11.9. The van der Waals surface area contributed by atoms with Crippen molar-refractivity contribution in [1.82, 2.24) is 0 Å². The summed E-state index contributed by atoms with van der Waals surface area (Å²) in [5, 5.41) is 28.0. The Balaban J connectivity index is 1.27. The summed E-state index contributed by atoms with van der Waals surface area (Å²) in [6.45, 7) is 0. The van der Waals surface area contributed by atoms with E-state index in [1.54, 1.807) is 0 Å². The second-order valence-corrected chi connectivity index (χ2v) is 18.1. The average Bonchev–Trinajstić information content (AvgIpc) is 3.99. The fourth-order valence-electron chi connectivity index (χ4n) is 12.3. The van der Waals surface area contributed by atoms with Gasteiger partial charge in [0.25, 0.3) is 0 Å². The molecule has 0 bridgehead atoms. The lowest BCUT2D eigenvalue weighted by Crippen LogP contribution is -2.33. The van der Waals surface area contributed by atoms with Crippen LogP contribution in [0.5, 0.6) is 0 Å². The summed E-state index contributed by atoms with van der Waals surface area (Å²) in [5.74, 6) is 0. The first-order chi connectivity index (χ1) is 31.1. The van der Waals surface area contributed by atoms with Gasteiger partial charge < -0.3 is 18.6 Å². The normalized spacial score (nSPS) is 16.4. The molecule has 3 aliphatic carbocycles. The molecule has 2 aromatic heterocycles. The lowest BCUT2D eigenvalue weighted by molar-refractivity contribution is 0.204. The lowest BCUT2D eigenvalue weighted by atomic mass is 9.64. The van der Waals surface area contributed by atoms with Crippen molar-refractivity contribution in [1.29, 1.82) is 10.5 Å². The predicted octanol–water partition coefficient (Wildman–Crippen LogP) is 16.0. The van der Waals surface area contributed by atoms with Crippen molar-refractivity contribution in [3.05, 3.63) is 168 Å². The van der Waals surface area contributed by atoms with Gasteiger partial charge in [0.05, 0.1) is 33.9 Å². The Morgan fingerprint density at radius 3 is 1.21 bits per heavy atom. The summed E-state index contributed by atoms with van der Waals surface area (Å²) >= 11 is 0. The molecule has 2 spiro atoms. The number of fused-ring (bicyclic) bond motifs is 9. The summed E-state index contributed by atoms with van der Waals surface area (Å²) in [6.07, 6.45) is 12.0. The molecular weight excluding hydrogens is 773 g/mol. The van der Waals surface area contributed by atoms with Crippen molar-refractivity contribution < 1.29 is 8.83 Å². The van der Waals surface area contributed by atoms with Crippen LogP contribution in [-0.4, -0.2) is 0 Å². The molecule has 0 atom stereocenters. The number of nitriles is 2. The summed E-state index contributed by atoms with van der Waals surface area (Å²) in [4.78, 5) is 4.58. The molecular formula is C57H46N4O2. The van der Waals surface area contributed by atoms with E-state index in [4.69, 9.17) is 8.83 Å². The zero-order chi connectivity index (χ0) is 42.1. The summed E-state index contributed by atoms with van der Waals surface area (Å²) < 4.78 is 13.7. The molecule has 3 aliphatic rings. The van der Waals surface area contributed by atoms with E-state index in [9.17, 15) is 10.5 Å². The minimum Gasteiger partial charge on any atom is -0.454 e. The van der Waals surface area contributed by atoms with Gasteiger partial charge in [-0.25, -0.2) is 0 Å². The summed E-state index contributed by atoms with van der Waals surface area (Å²) in [7, 11) is 0. The maximum absolute atomic E-state index is 11.9. The van der Waals surface area contributed by atoms with Crippen LogP contribution in [0.1, 0.15) is 92.9 Å². The molecule has 0 N–H and O–H groups in total. The van der Waals surface area contributed by atoms with E-state index in [1.807, 2.05) is 36.4 Å². The van der Waals surface area contributed by atoms with Crippen LogP contribution in [0.15, 0.2) is 154 Å². The number of rotatable bonds is 6. The van der Waals surface area contributed by atoms with Gasteiger partial charge in [-0.1, -0.05) is 136 Å². The number of anilines is 6. The molecule has 9 aromatic rings. The zero-order valence-electron chi connectivity index (χ0n) is 35.2. The molecule has 2 heterocycles. The molecule has 0 unspecified atom stereocenters. The van der Waals surface area contributed by atoms with Crippen molar-refractivity contribution in [2.45, 2.75) is 81.5 Å². The fraction of sp³-hybridized carbons (Fsp3) is 0.228. The molecule has 0 aliphatic heterocycles. The highest BCUT2D eigenvalue weighted by Gasteiger charge is 2.57. The number of para-hydroxylation sites is 6. The topological polar surface area (TPSA) is 80.3 Å². The number of benzene rings is 7. The molecule has 0 saturated heterocycles. The first-order valence-corrected chi connectivity index (χ1v) is 22.7. The molecule has 6 nitrogen and oxygen atoms in total. The smallest absolute Gasteiger partial charge is 0.159 e. The average molecular weight is 819 g/mol. The summed E-state index contributed by atoms with van der Waals surface area (Å²) in [6, 6.07) is 55.5. The van der Waals surface area contributed by atoms with Crippen molar-refractivity contribution in [2.24, 2.45) is 0 Å². The summed E-state index contributed by atoms with van der Waals surface area (Å²) in [5.41, 5.74) is 11.2. The third-order valence-electron chi connectivity index (χ3n) is 14.8. The van der Waals surface area contributed by atoms with Gasteiger partial charge in [-0.05, 0) is 103 Å². The molecule has 6 heteroatoms. The van der Waals surface area contributed by atoms with Crippen LogP contribution in [0.3, 0.4) is 0 Å². The molecule has 2 fully saturated rings. The van der Waals surface area contributed by atoms with E-state index in [2.05, 4.69) is 131 Å². The Hall–Kier alpha value is -7.28. The van der Waals surface area contributed by atoms with Gasteiger partial charge in [0.2, 0.25) is 0 Å².